The molecule has 0 saturated carbocycles. The number of rotatable bonds is 8. The van der Waals surface area contributed by atoms with Crippen LogP contribution in [0.3, 0.4) is 0 Å². The minimum absolute atomic E-state index is 0.0490. The van der Waals surface area contributed by atoms with Crippen LogP contribution in [0.25, 0.3) is 11.1 Å². The van der Waals surface area contributed by atoms with Crippen LogP contribution in [0.4, 0.5) is 4.39 Å². The van der Waals surface area contributed by atoms with Crippen LogP contribution in [0.2, 0.25) is 0 Å². The molecule has 0 aromatic heterocycles. The number of aliphatic hydroxyl groups is 1. The minimum Gasteiger partial charge on any atom is -0.492 e. The Kier molecular flexibility index (Phi) is 7.29. The van der Waals surface area contributed by atoms with Gasteiger partial charge in [0.1, 0.15) is 35.8 Å². The first-order valence-electron chi connectivity index (χ1n) is 13.3. The summed E-state index contributed by atoms with van der Waals surface area (Å²) in [5, 5.41) is 10.0. The summed E-state index contributed by atoms with van der Waals surface area (Å²) in [5.74, 6) is 1.40. The Morgan fingerprint density at radius 1 is 1.10 bits per heavy atom. The number of fused-ring (bicyclic) bond motifs is 2. The number of methoxy groups -OCH3 is 1. The van der Waals surface area contributed by atoms with Crippen LogP contribution in [0.5, 0.6) is 17.2 Å². The first kappa shape index (κ1) is 27.0. The Bertz CT molecular complexity index is 1380. The Morgan fingerprint density at radius 3 is 2.54 bits per heavy atom. The number of esters is 1. The normalized spacial score (nSPS) is 17.8. The zero-order valence-electron chi connectivity index (χ0n) is 23.1. The number of carbonyl (C=O) groups is 1. The van der Waals surface area contributed by atoms with E-state index >= 15 is 4.39 Å². The molecular weight excluding hydrogens is 499 g/mol. The zero-order chi connectivity index (χ0) is 27.9. The molecule has 3 aromatic rings. The number of halogens is 1. The number of hydrogen-bond donors (Lipinski definition) is 1. The molecule has 0 radical (unpaired) electrons. The van der Waals surface area contributed by atoms with E-state index in [4.69, 9.17) is 18.9 Å². The number of hydrogen-bond acceptors (Lipinski definition) is 6. The molecule has 3 aromatic carbocycles. The smallest absolute Gasteiger partial charge is 0.306 e. The summed E-state index contributed by atoms with van der Waals surface area (Å²) in [6.07, 6.45) is 1.21. The van der Waals surface area contributed by atoms with E-state index in [9.17, 15) is 9.90 Å². The largest absolute Gasteiger partial charge is 0.492 e. The zero-order valence-corrected chi connectivity index (χ0v) is 23.1. The lowest BCUT2D eigenvalue weighted by Gasteiger charge is -2.21. The van der Waals surface area contributed by atoms with Gasteiger partial charge in [0.25, 0.3) is 0 Å². The third-order valence-corrected chi connectivity index (χ3v) is 7.43. The van der Waals surface area contributed by atoms with Gasteiger partial charge in [0.05, 0.1) is 25.7 Å². The molecule has 2 atom stereocenters. The molecule has 0 fully saturated rings. The molecule has 0 saturated heterocycles. The summed E-state index contributed by atoms with van der Waals surface area (Å²) < 4.78 is 38.0. The predicted molar refractivity (Wildman–Crippen MR) is 146 cm³/mol. The van der Waals surface area contributed by atoms with Crippen LogP contribution in [-0.4, -0.2) is 37.0 Å². The van der Waals surface area contributed by atoms with Crippen molar-refractivity contribution in [1.29, 1.82) is 0 Å². The summed E-state index contributed by atoms with van der Waals surface area (Å²) in [7, 11) is 1.38. The van der Waals surface area contributed by atoms with E-state index in [1.807, 2.05) is 50.2 Å². The van der Waals surface area contributed by atoms with Crippen LogP contribution in [0, 0.1) is 19.7 Å². The fourth-order valence-corrected chi connectivity index (χ4v) is 5.67. The molecule has 7 heteroatoms. The van der Waals surface area contributed by atoms with Gasteiger partial charge in [-0.05, 0) is 92.6 Å². The second-order valence-corrected chi connectivity index (χ2v) is 11.2. The highest BCUT2D eigenvalue weighted by Gasteiger charge is 2.32. The van der Waals surface area contributed by atoms with Gasteiger partial charge in [-0.15, -0.1) is 0 Å². The van der Waals surface area contributed by atoms with Crippen molar-refractivity contribution in [3.63, 3.8) is 0 Å². The fraction of sp³-hybridized carbons (Fsp3) is 0.406. The monoisotopic (exact) mass is 534 g/mol. The van der Waals surface area contributed by atoms with Gasteiger partial charge in [-0.25, -0.2) is 4.39 Å². The van der Waals surface area contributed by atoms with E-state index in [1.165, 1.54) is 13.2 Å². The molecule has 1 heterocycles. The molecule has 1 N–H and O–H groups in total. The molecule has 1 aliphatic heterocycles. The standard InChI is InChI=1S/C32H35FO6/c1-18-12-22(38-17-32(3,4)35)13-19(2)30(18)24-8-10-26(33)31-25(24)9-11-27(31)39-21-6-7-23-20(14-29(34)36-5)16-37-28(23)15-21/h6-8,10,12-13,15,20,27,35H,9,11,14,16-17H2,1-5H3. The second-order valence-electron chi connectivity index (χ2n) is 11.2. The maximum atomic E-state index is 15.3. The van der Waals surface area contributed by atoms with Crippen molar-refractivity contribution >= 4 is 5.97 Å². The van der Waals surface area contributed by atoms with E-state index in [2.05, 4.69) is 0 Å². The lowest BCUT2D eigenvalue weighted by molar-refractivity contribution is -0.141. The van der Waals surface area contributed by atoms with Crippen molar-refractivity contribution in [3.05, 3.63) is 76.1 Å². The molecular formula is C32H35FO6. The average molecular weight is 535 g/mol. The van der Waals surface area contributed by atoms with Crippen molar-refractivity contribution in [2.24, 2.45) is 0 Å². The van der Waals surface area contributed by atoms with E-state index in [0.717, 1.165) is 33.4 Å². The SMILES string of the molecule is COC(=O)CC1COc2cc(OC3CCc4c(-c5c(C)cc(OCC(C)(C)O)cc5C)ccc(F)c43)ccc21. The van der Waals surface area contributed by atoms with E-state index in [-0.39, 0.29) is 30.7 Å². The minimum atomic E-state index is -0.928. The first-order chi connectivity index (χ1) is 18.5. The van der Waals surface area contributed by atoms with Gasteiger partial charge in [-0.1, -0.05) is 12.1 Å². The first-order valence-corrected chi connectivity index (χ1v) is 13.3. The third-order valence-electron chi connectivity index (χ3n) is 7.43. The van der Waals surface area contributed by atoms with Gasteiger partial charge in [-0.3, -0.25) is 4.79 Å². The maximum Gasteiger partial charge on any atom is 0.306 e. The van der Waals surface area contributed by atoms with E-state index < -0.39 is 11.7 Å². The van der Waals surface area contributed by atoms with Gasteiger partial charge in [0.15, 0.2) is 0 Å². The van der Waals surface area contributed by atoms with Crippen LogP contribution in [0.1, 0.15) is 66.5 Å². The lowest BCUT2D eigenvalue weighted by Crippen LogP contribution is -2.27. The van der Waals surface area contributed by atoms with Crippen molar-refractivity contribution < 1.29 is 33.2 Å². The summed E-state index contributed by atoms with van der Waals surface area (Å²) in [4.78, 5) is 11.7. The van der Waals surface area contributed by atoms with Gasteiger partial charge >= 0.3 is 5.97 Å². The van der Waals surface area contributed by atoms with Crippen LogP contribution < -0.4 is 14.2 Å². The van der Waals surface area contributed by atoms with Crippen molar-refractivity contribution in [1.82, 2.24) is 0 Å². The Labute approximate surface area is 228 Å². The highest BCUT2D eigenvalue weighted by Crippen LogP contribution is 2.45. The molecule has 2 unspecified atom stereocenters. The van der Waals surface area contributed by atoms with Crippen LogP contribution in [-0.2, 0) is 16.0 Å². The summed E-state index contributed by atoms with van der Waals surface area (Å²) in [5.41, 5.74) is 5.70. The second kappa shape index (κ2) is 10.5. The molecule has 0 spiro atoms. The number of aryl methyl sites for hydroxylation is 2. The molecule has 2 aliphatic rings. The Hall–Kier alpha value is -3.58. The van der Waals surface area contributed by atoms with Gasteiger partial charge in [0.2, 0.25) is 0 Å². The van der Waals surface area contributed by atoms with E-state index in [0.29, 0.717) is 42.3 Å². The molecule has 0 bridgehead atoms. The highest BCUT2D eigenvalue weighted by atomic mass is 19.1. The molecule has 1 aliphatic carbocycles. The number of benzene rings is 3. The molecule has 0 amide bonds. The number of ether oxygens (including phenoxy) is 4. The van der Waals surface area contributed by atoms with Crippen molar-refractivity contribution in [2.45, 2.75) is 64.6 Å². The highest BCUT2D eigenvalue weighted by molar-refractivity contribution is 5.76. The average Bonchev–Trinajstić information content (AvgIpc) is 3.48. The molecule has 206 valence electrons. The summed E-state index contributed by atoms with van der Waals surface area (Å²) in [6.45, 7) is 8.07. The molecule has 5 rings (SSSR count). The predicted octanol–water partition coefficient (Wildman–Crippen LogP) is 6.36. The van der Waals surface area contributed by atoms with Crippen molar-refractivity contribution in [3.8, 4) is 28.4 Å². The molecule has 6 nitrogen and oxygen atoms in total. The fourth-order valence-electron chi connectivity index (χ4n) is 5.67. The van der Waals surface area contributed by atoms with Gasteiger partial charge < -0.3 is 24.1 Å². The molecule has 39 heavy (non-hydrogen) atoms. The topological polar surface area (TPSA) is 74.2 Å². The van der Waals surface area contributed by atoms with Gasteiger partial charge in [0, 0.05) is 23.1 Å². The van der Waals surface area contributed by atoms with Crippen LogP contribution >= 0.6 is 0 Å². The summed E-state index contributed by atoms with van der Waals surface area (Å²) in [6, 6.07) is 12.9. The van der Waals surface area contributed by atoms with E-state index in [1.54, 1.807) is 13.8 Å². The van der Waals surface area contributed by atoms with Gasteiger partial charge in [-0.2, -0.15) is 0 Å². The third kappa shape index (κ3) is 5.59. The van der Waals surface area contributed by atoms with Crippen molar-refractivity contribution in [2.75, 3.05) is 20.3 Å². The Morgan fingerprint density at radius 2 is 1.85 bits per heavy atom. The Balaban J connectivity index is 1.40. The quantitative estimate of drug-likeness (QED) is 0.339. The maximum absolute atomic E-state index is 15.3. The lowest BCUT2D eigenvalue weighted by atomic mass is 9.90. The summed E-state index contributed by atoms with van der Waals surface area (Å²) >= 11 is 0. The van der Waals surface area contributed by atoms with Crippen LogP contribution in [0.15, 0.2) is 42.5 Å². The number of carbonyl (C=O) groups excluding carboxylic acids is 1.